The van der Waals surface area contributed by atoms with Gasteiger partial charge in [-0.1, -0.05) is 13.8 Å². The molecule has 0 atom stereocenters. The molecule has 0 aliphatic rings. The molecule has 1 heterocycles. The minimum atomic E-state index is -3.56. The fourth-order valence-corrected chi connectivity index (χ4v) is 3.85. The maximum atomic E-state index is 12.8. The molecule has 0 saturated carbocycles. The molecule has 0 aliphatic heterocycles. The number of rotatable bonds is 10. The zero-order valence-electron chi connectivity index (χ0n) is 13.3. The third kappa shape index (κ3) is 4.50. The van der Waals surface area contributed by atoms with Crippen LogP contribution in [0.3, 0.4) is 0 Å². The Kier molecular flexibility index (Phi) is 7.30. The van der Waals surface area contributed by atoms with Crippen LogP contribution in [-0.4, -0.2) is 56.3 Å². The second kappa shape index (κ2) is 8.47. The summed E-state index contributed by atoms with van der Waals surface area (Å²) in [6.45, 7) is 7.98. The highest BCUT2D eigenvalue weighted by molar-refractivity contribution is 7.89. The topological polar surface area (TPSA) is 87.3 Å². The summed E-state index contributed by atoms with van der Waals surface area (Å²) in [5.41, 5.74) is 1.11. The molecule has 1 rings (SSSR count). The van der Waals surface area contributed by atoms with Crippen LogP contribution in [0.4, 0.5) is 0 Å². The van der Waals surface area contributed by atoms with Crippen LogP contribution in [0, 0.1) is 6.92 Å². The fraction of sp³-hybridized carbons (Fsp3) is 0.769. The third-order valence-electron chi connectivity index (χ3n) is 3.18. The predicted molar refractivity (Wildman–Crippen MR) is 81.6 cm³/mol. The van der Waals surface area contributed by atoms with Crippen LogP contribution in [0.2, 0.25) is 0 Å². The highest BCUT2D eigenvalue weighted by Gasteiger charge is 2.29. The Bertz CT molecular complexity index is 528. The Hall–Kier alpha value is -0.960. The molecule has 1 aromatic rings. The number of likely N-dealkylation sites (N-methyl/N-ethyl adjacent to an activating group) is 1. The lowest BCUT2D eigenvalue weighted by atomic mass is 10.3. The zero-order valence-corrected chi connectivity index (χ0v) is 14.1. The molecule has 2 N–H and O–H groups in total. The van der Waals surface area contributed by atoms with E-state index < -0.39 is 10.0 Å². The van der Waals surface area contributed by atoms with Gasteiger partial charge in [-0.25, -0.2) is 8.42 Å². The number of aryl methyl sites for hydroxylation is 1. The molecular formula is C13H26N4O3S. The summed E-state index contributed by atoms with van der Waals surface area (Å²) in [7, 11) is -2.00. The summed E-state index contributed by atoms with van der Waals surface area (Å²) in [5.74, 6) is 0. The number of sulfonamides is 1. The van der Waals surface area contributed by atoms with Gasteiger partial charge in [0, 0.05) is 26.7 Å². The third-order valence-corrected chi connectivity index (χ3v) is 5.35. The van der Waals surface area contributed by atoms with E-state index in [2.05, 4.69) is 22.4 Å². The van der Waals surface area contributed by atoms with E-state index in [0.29, 0.717) is 37.6 Å². The molecular weight excluding hydrogens is 292 g/mol. The summed E-state index contributed by atoms with van der Waals surface area (Å²) < 4.78 is 32.0. The molecule has 8 heteroatoms. The minimum absolute atomic E-state index is 0.282. The Balaban J connectivity index is 3.03. The molecule has 0 fully saturated rings. The largest absolute Gasteiger partial charge is 0.383 e. The molecule has 0 amide bonds. The van der Waals surface area contributed by atoms with Gasteiger partial charge in [0.25, 0.3) is 0 Å². The van der Waals surface area contributed by atoms with Gasteiger partial charge in [-0.3, -0.25) is 5.10 Å². The van der Waals surface area contributed by atoms with E-state index in [4.69, 9.17) is 4.74 Å². The van der Waals surface area contributed by atoms with Gasteiger partial charge in [0.05, 0.1) is 18.0 Å². The van der Waals surface area contributed by atoms with Gasteiger partial charge in [0.15, 0.2) is 0 Å². The summed E-state index contributed by atoms with van der Waals surface area (Å²) in [4.78, 5) is 0.282. The second-order valence-electron chi connectivity index (χ2n) is 4.79. The number of methoxy groups -OCH3 is 1. The smallest absolute Gasteiger partial charge is 0.246 e. The van der Waals surface area contributed by atoms with Crippen LogP contribution in [0.5, 0.6) is 0 Å². The molecule has 21 heavy (non-hydrogen) atoms. The van der Waals surface area contributed by atoms with Crippen molar-refractivity contribution in [1.82, 2.24) is 19.8 Å². The van der Waals surface area contributed by atoms with E-state index in [0.717, 1.165) is 13.0 Å². The summed E-state index contributed by atoms with van der Waals surface area (Å²) in [6.07, 6.45) is 0.987. The Morgan fingerprint density at radius 2 is 2.10 bits per heavy atom. The Morgan fingerprint density at radius 1 is 1.38 bits per heavy atom. The molecule has 0 aromatic carbocycles. The molecule has 7 nitrogen and oxygen atoms in total. The van der Waals surface area contributed by atoms with Gasteiger partial charge in [0.2, 0.25) is 10.0 Å². The Labute approximate surface area is 127 Å². The van der Waals surface area contributed by atoms with Crippen molar-refractivity contribution in [2.75, 3.05) is 33.4 Å². The van der Waals surface area contributed by atoms with Crippen molar-refractivity contribution < 1.29 is 13.2 Å². The molecule has 0 aliphatic carbocycles. The van der Waals surface area contributed by atoms with Crippen LogP contribution < -0.4 is 5.32 Å². The molecule has 0 radical (unpaired) electrons. The number of nitrogens with zero attached hydrogens (tertiary/aromatic N) is 2. The molecule has 122 valence electrons. The number of aromatic nitrogens is 2. The molecule has 1 aromatic heterocycles. The maximum Gasteiger partial charge on any atom is 0.246 e. The summed E-state index contributed by atoms with van der Waals surface area (Å²) in [5, 5.41) is 10.1. The van der Waals surface area contributed by atoms with E-state index in [-0.39, 0.29) is 4.90 Å². The van der Waals surface area contributed by atoms with E-state index in [1.807, 2.05) is 6.92 Å². The molecule has 0 saturated heterocycles. The van der Waals surface area contributed by atoms with Crippen molar-refractivity contribution in [1.29, 1.82) is 0 Å². The van der Waals surface area contributed by atoms with Crippen LogP contribution in [-0.2, 0) is 21.3 Å². The van der Waals surface area contributed by atoms with Gasteiger partial charge in [0.1, 0.15) is 4.90 Å². The number of ether oxygens (including phenoxy) is 1. The first-order chi connectivity index (χ1) is 9.98. The van der Waals surface area contributed by atoms with Crippen LogP contribution in [0.1, 0.15) is 31.7 Å². The lowest BCUT2D eigenvalue weighted by Crippen LogP contribution is -2.34. The van der Waals surface area contributed by atoms with Crippen molar-refractivity contribution in [3.8, 4) is 0 Å². The van der Waals surface area contributed by atoms with Gasteiger partial charge >= 0.3 is 0 Å². The van der Waals surface area contributed by atoms with Crippen LogP contribution >= 0.6 is 0 Å². The second-order valence-corrected chi connectivity index (χ2v) is 6.67. The number of H-pyrrole nitrogens is 1. The van der Waals surface area contributed by atoms with Crippen molar-refractivity contribution in [3.05, 3.63) is 11.4 Å². The number of hydrogen-bond acceptors (Lipinski definition) is 5. The quantitative estimate of drug-likeness (QED) is 0.625. The van der Waals surface area contributed by atoms with Crippen molar-refractivity contribution >= 4 is 10.0 Å². The van der Waals surface area contributed by atoms with Crippen LogP contribution in [0.15, 0.2) is 4.90 Å². The van der Waals surface area contributed by atoms with E-state index in [9.17, 15) is 8.42 Å². The average Bonchev–Trinajstić information content (AvgIpc) is 2.81. The number of hydrogen-bond donors (Lipinski definition) is 2. The van der Waals surface area contributed by atoms with Crippen molar-refractivity contribution in [2.24, 2.45) is 0 Å². The minimum Gasteiger partial charge on any atom is -0.383 e. The van der Waals surface area contributed by atoms with E-state index >= 15 is 0 Å². The lowest BCUT2D eigenvalue weighted by Gasteiger charge is -2.20. The Morgan fingerprint density at radius 3 is 2.67 bits per heavy atom. The summed E-state index contributed by atoms with van der Waals surface area (Å²) >= 11 is 0. The molecule has 0 bridgehead atoms. The average molecular weight is 318 g/mol. The molecule has 0 spiro atoms. The highest BCUT2D eigenvalue weighted by Crippen LogP contribution is 2.22. The number of nitrogens with one attached hydrogen (secondary N) is 2. The van der Waals surface area contributed by atoms with Gasteiger partial charge in [-0.15, -0.1) is 0 Å². The monoisotopic (exact) mass is 318 g/mol. The standard InChI is InChI=1S/C13H26N4O3S/c1-5-7-14-10-12-13(11(3)15-16-12)21(18,19)17(6-2)8-9-20-4/h14H,5-10H2,1-4H3,(H,15,16). The summed E-state index contributed by atoms with van der Waals surface area (Å²) in [6, 6.07) is 0. The highest BCUT2D eigenvalue weighted by atomic mass is 32.2. The predicted octanol–water partition coefficient (Wildman–Crippen LogP) is 0.875. The normalized spacial score (nSPS) is 12.2. The SMILES string of the molecule is CCCNCc1n[nH]c(C)c1S(=O)(=O)N(CC)CCOC. The lowest BCUT2D eigenvalue weighted by molar-refractivity contribution is 0.180. The van der Waals surface area contributed by atoms with Crippen LogP contribution in [0.25, 0.3) is 0 Å². The first kappa shape index (κ1) is 18.1. The van der Waals surface area contributed by atoms with Crippen molar-refractivity contribution in [3.63, 3.8) is 0 Å². The fourth-order valence-electron chi connectivity index (χ4n) is 2.09. The van der Waals surface area contributed by atoms with E-state index in [1.165, 1.54) is 4.31 Å². The molecule has 0 unspecified atom stereocenters. The maximum absolute atomic E-state index is 12.8. The van der Waals surface area contributed by atoms with E-state index in [1.54, 1.807) is 14.0 Å². The first-order valence-electron chi connectivity index (χ1n) is 7.22. The van der Waals surface area contributed by atoms with Gasteiger partial charge < -0.3 is 10.1 Å². The zero-order chi connectivity index (χ0) is 15.9. The first-order valence-corrected chi connectivity index (χ1v) is 8.66. The van der Waals surface area contributed by atoms with Gasteiger partial charge in [-0.2, -0.15) is 9.40 Å². The van der Waals surface area contributed by atoms with Crippen molar-refractivity contribution in [2.45, 2.75) is 38.6 Å². The number of aromatic amines is 1. The van der Waals surface area contributed by atoms with Gasteiger partial charge in [-0.05, 0) is 19.9 Å².